The first-order valence-electron chi connectivity index (χ1n) is 8.38. The highest BCUT2D eigenvalue weighted by Gasteiger charge is 2.19. The third-order valence-corrected chi connectivity index (χ3v) is 4.72. The molecule has 1 aliphatic rings. The van der Waals surface area contributed by atoms with Crippen LogP contribution in [0.15, 0.2) is 36.4 Å². The van der Waals surface area contributed by atoms with Crippen molar-refractivity contribution in [3.05, 3.63) is 53.2 Å². The van der Waals surface area contributed by atoms with Gasteiger partial charge in [0.05, 0.1) is 5.69 Å². The predicted molar refractivity (Wildman–Crippen MR) is 89.5 cm³/mol. The van der Waals surface area contributed by atoms with E-state index in [9.17, 15) is 0 Å². The number of rotatable bonds is 4. The lowest BCUT2D eigenvalue weighted by Gasteiger charge is -2.24. The molecule has 2 aromatic rings. The van der Waals surface area contributed by atoms with E-state index in [0.29, 0.717) is 0 Å². The van der Waals surface area contributed by atoms with Crippen LogP contribution in [0, 0.1) is 5.92 Å². The van der Waals surface area contributed by atoms with Gasteiger partial charge in [-0.2, -0.15) is 0 Å². The molecule has 0 aliphatic heterocycles. The third-order valence-electron chi connectivity index (χ3n) is 4.72. The highest BCUT2D eigenvalue weighted by atomic mass is 14.7. The molecule has 0 radical (unpaired) electrons. The molecule has 1 heteroatoms. The Kier molecular flexibility index (Phi) is 4.38. The summed E-state index contributed by atoms with van der Waals surface area (Å²) in [6, 6.07) is 13.4. The molecule has 0 saturated heterocycles. The van der Waals surface area contributed by atoms with E-state index in [1.165, 1.54) is 48.1 Å². The van der Waals surface area contributed by atoms with Gasteiger partial charge in [0.25, 0.3) is 0 Å². The molecule has 0 fully saturated rings. The molecule has 0 spiro atoms. The van der Waals surface area contributed by atoms with Crippen LogP contribution < -0.4 is 0 Å². The van der Waals surface area contributed by atoms with Gasteiger partial charge in [-0.1, -0.05) is 57.0 Å². The van der Waals surface area contributed by atoms with Crippen molar-refractivity contribution in [1.29, 1.82) is 0 Å². The van der Waals surface area contributed by atoms with Gasteiger partial charge in [0.2, 0.25) is 0 Å². The first-order valence-corrected chi connectivity index (χ1v) is 8.38. The first kappa shape index (κ1) is 14.3. The van der Waals surface area contributed by atoms with Crippen LogP contribution >= 0.6 is 0 Å². The molecular formula is C20H25N. The first-order chi connectivity index (χ1) is 10.3. The van der Waals surface area contributed by atoms with Crippen LogP contribution in [0.3, 0.4) is 0 Å². The summed E-state index contributed by atoms with van der Waals surface area (Å²) in [5.41, 5.74) is 6.57. The van der Waals surface area contributed by atoms with E-state index in [4.69, 9.17) is 4.98 Å². The van der Waals surface area contributed by atoms with E-state index < -0.39 is 0 Å². The van der Waals surface area contributed by atoms with Gasteiger partial charge < -0.3 is 0 Å². The highest BCUT2D eigenvalue weighted by Crippen LogP contribution is 2.29. The number of fused-ring (bicyclic) bond motifs is 1. The van der Waals surface area contributed by atoms with E-state index in [-0.39, 0.29) is 0 Å². The number of hydrogen-bond acceptors (Lipinski definition) is 1. The molecule has 1 atom stereocenters. The third kappa shape index (κ3) is 3.18. The van der Waals surface area contributed by atoms with Gasteiger partial charge in [-0.15, -0.1) is 0 Å². The molecule has 3 rings (SSSR count). The summed E-state index contributed by atoms with van der Waals surface area (Å²) in [5, 5.41) is 0. The number of aryl methyl sites for hydroxylation is 2. The average molecular weight is 279 g/mol. The van der Waals surface area contributed by atoms with E-state index in [1.807, 2.05) is 0 Å². The number of pyridine rings is 1. The predicted octanol–water partition coefficient (Wildman–Crippen LogP) is 5.22. The Hall–Kier alpha value is -1.63. The van der Waals surface area contributed by atoms with Gasteiger partial charge in [-0.25, -0.2) is 0 Å². The van der Waals surface area contributed by atoms with Crippen molar-refractivity contribution >= 4 is 0 Å². The second kappa shape index (κ2) is 6.43. The van der Waals surface area contributed by atoms with Gasteiger partial charge in [0.15, 0.2) is 0 Å². The fourth-order valence-corrected chi connectivity index (χ4v) is 3.41. The molecule has 0 bridgehead atoms. The quantitative estimate of drug-likeness (QED) is 0.748. The molecular weight excluding hydrogens is 254 g/mol. The van der Waals surface area contributed by atoms with E-state index in [1.54, 1.807) is 0 Å². The summed E-state index contributed by atoms with van der Waals surface area (Å²) in [5.74, 6) is 0.874. The standard InChI is InChI=1S/C20H25N/c1-3-5-16-8-12-20-18(14-16)11-13-19(21-20)17-9-6-15(4-2)7-10-17/h6-7,9-11,13,16H,3-5,8,12,14H2,1-2H3. The van der Waals surface area contributed by atoms with Gasteiger partial charge in [0, 0.05) is 11.3 Å². The fraction of sp³-hybridized carbons (Fsp3) is 0.450. The molecule has 0 N–H and O–H groups in total. The van der Waals surface area contributed by atoms with E-state index in [2.05, 4.69) is 50.2 Å². The van der Waals surface area contributed by atoms with Crippen molar-refractivity contribution < 1.29 is 0 Å². The van der Waals surface area contributed by atoms with Crippen LogP contribution in [0.4, 0.5) is 0 Å². The van der Waals surface area contributed by atoms with Crippen molar-refractivity contribution in [2.75, 3.05) is 0 Å². The van der Waals surface area contributed by atoms with Crippen LogP contribution in [0.5, 0.6) is 0 Å². The molecule has 21 heavy (non-hydrogen) atoms. The highest BCUT2D eigenvalue weighted by molar-refractivity contribution is 5.60. The Morgan fingerprint density at radius 2 is 1.86 bits per heavy atom. The van der Waals surface area contributed by atoms with Crippen LogP contribution in [0.25, 0.3) is 11.3 Å². The SMILES string of the molecule is CCCC1CCc2nc(-c3ccc(CC)cc3)ccc2C1. The van der Waals surface area contributed by atoms with Crippen LogP contribution in [0.1, 0.15) is 49.9 Å². The van der Waals surface area contributed by atoms with E-state index in [0.717, 1.165) is 24.5 Å². The zero-order valence-electron chi connectivity index (χ0n) is 13.2. The average Bonchev–Trinajstić information content (AvgIpc) is 2.55. The minimum Gasteiger partial charge on any atom is -0.253 e. The van der Waals surface area contributed by atoms with Crippen molar-refractivity contribution in [2.24, 2.45) is 5.92 Å². The van der Waals surface area contributed by atoms with Crippen LogP contribution in [-0.2, 0) is 19.3 Å². The number of nitrogens with zero attached hydrogens (tertiary/aromatic N) is 1. The minimum absolute atomic E-state index is 0.874. The summed E-state index contributed by atoms with van der Waals surface area (Å²) in [4.78, 5) is 4.93. The van der Waals surface area contributed by atoms with Crippen molar-refractivity contribution in [1.82, 2.24) is 4.98 Å². The molecule has 1 aromatic heterocycles. The molecule has 1 aliphatic carbocycles. The summed E-state index contributed by atoms with van der Waals surface area (Å²) in [6.07, 6.45) is 7.45. The summed E-state index contributed by atoms with van der Waals surface area (Å²) < 4.78 is 0. The topological polar surface area (TPSA) is 12.9 Å². The lowest BCUT2D eigenvalue weighted by Crippen LogP contribution is -2.15. The molecule has 1 aromatic carbocycles. The Morgan fingerprint density at radius 3 is 2.57 bits per heavy atom. The van der Waals surface area contributed by atoms with Crippen LogP contribution in [-0.4, -0.2) is 4.98 Å². The summed E-state index contributed by atoms with van der Waals surface area (Å²) >= 11 is 0. The Bertz CT molecular complexity index is 598. The Morgan fingerprint density at radius 1 is 1.05 bits per heavy atom. The number of aromatic nitrogens is 1. The fourth-order valence-electron chi connectivity index (χ4n) is 3.41. The normalized spacial score (nSPS) is 17.5. The molecule has 1 nitrogen and oxygen atoms in total. The molecule has 0 amide bonds. The zero-order chi connectivity index (χ0) is 14.7. The number of hydrogen-bond donors (Lipinski definition) is 0. The second-order valence-corrected chi connectivity index (χ2v) is 6.25. The molecule has 110 valence electrons. The van der Waals surface area contributed by atoms with Gasteiger partial charge in [-0.3, -0.25) is 4.98 Å². The molecule has 1 unspecified atom stereocenters. The maximum Gasteiger partial charge on any atom is 0.0705 e. The van der Waals surface area contributed by atoms with Crippen LogP contribution in [0.2, 0.25) is 0 Å². The van der Waals surface area contributed by atoms with E-state index >= 15 is 0 Å². The summed E-state index contributed by atoms with van der Waals surface area (Å²) in [7, 11) is 0. The van der Waals surface area contributed by atoms with Crippen molar-refractivity contribution in [3.63, 3.8) is 0 Å². The van der Waals surface area contributed by atoms with Crippen molar-refractivity contribution in [2.45, 2.75) is 52.4 Å². The smallest absolute Gasteiger partial charge is 0.0705 e. The minimum atomic E-state index is 0.874. The monoisotopic (exact) mass is 279 g/mol. The molecule has 0 saturated carbocycles. The lowest BCUT2D eigenvalue weighted by atomic mass is 9.84. The maximum absolute atomic E-state index is 4.93. The van der Waals surface area contributed by atoms with Gasteiger partial charge in [-0.05, 0) is 48.8 Å². The van der Waals surface area contributed by atoms with Crippen molar-refractivity contribution in [3.8, 4) is 11.3 Å². The Labute approximate surface area is 128 Å². The van der Waals surface area contributed by atoms with Gasteiger partial charge in [0.1, 0.15) is 0 Å². The number of benzene rings is 1. The maximum atomic E-state index is 4.93. The van der Waals surface area contributed by atoms with Gasteiger partial charge >= 0.3 is 0 Å². The zero-order valence-corrected chi connectivity index (χ0v) is 13.2. The Balaban J connectivity index is 1.83. The molecule has 1 heterocycles. The lowest BCUT2D eigenvalue weighted by molar-refractivity contribution is 0.418. The second-order valence-electron chi connectivity index (χ2n) is 6.25. The summed E-state index contributed by atoms with van der Waals surface area (Å²) in [6.45, 7) is 4.48. The largest absolute Gasteiger partial charge is 0.253 e.